The van der Waals surface area contributed by atoms with E-state index in [2.05, 4.69) is 17.7 Å². The SMILES string of the molecule is C=CC(=O)N(C)CC12CC(c3nc(-c4ccc5c(cnn5C)c4)c4ccsc4c3-c3c(F)cc(F)cc3OCCOC)(C1)C2. The summed E-state index contributed by atoms with van der Waals surface area (Å²) in [6, 6.07) is 10.3. The number of amides is 1. The molecule has 8 rings (SSSR count). The van der Waals surface area contributed by atoms with Crippen LogP contribution in [-0.2, 0) is 22.0 Å². The van der Waals surface area contributed by atoms with E-state index < -0.39 is 11.6 Å². The number of benzene rings is 2. The number of methoxy groups -OCH3 is 1. The van der Waals surface area contributed by atoms with Gasteiger partial charge < -0.3 is 14.4 Å². The highest BCUT2D eigenvalue weighted by molar-refractivity contribution is 7.17. The quantitative estimate of drug-likeness (QED) is 0.127. The molecule has 44 heavy (non-hydrogen) atoms. The Balaban J connectivity index is 1.41. The fourth-order valence-corrected chi connectivity index (χ4v) is 8.42. The van der Waals surface area contributed by atoms with E-state index in [1.165, 1.54) is 23.5 Å². The van der Waals surface area contributed by atoms with Gasteiger partial charge in [0.15, 0.2) is 0 Å². The predicted octanol–water partition coefficient (Wildman–Crippen LogP) is 6.89. The van der Waals surface area contributed by atoms with Crippen LogP contribution in [0.4, 0.5) is 8.78 Å². The van der Waals surface area contributed by atoms with E-state index in [1.807, 2.05) is 41.5 Å². The van der Waals surface area contributed by atoms with Gasteiger partial charge in [0.1, 0.15) is 24.0 Å². The molecule has 2 aromatic carbocycles. The molecule has 7 nitrogen and oxygen atoms in total. The number of hydrogen-bond donors (Lipinski definition) is 0. The highest BCUT2D eigenvalue weighted by Crippen LogP contribution is 2.74. The summed E-state index contributed by atoms with van der Waals surface area (Å²) in [6.45, 7) is 4.66. The largest absolute Gasteiger partial charge is 0.490 e. The Kier molecular flexibility index (Phi) is 6.82. The van der Waals surface area contributed by atoms with Crippen LogP contribution in [0.1, 0.15) is 25.0 Å². The van der Waals surface area contributed by atoms with Gasteiger partial charge in [0.25, 0.3) is 0 Å². The van der Waals surface area contributed by atoms with Crippen LogP contribution in [0, 0.1) is 17.0 Å². The molecule has 10 heteroatoms. The van der Waals surface area contributed by atoms with Crippen LogP contribution < -0.4 is 4.74 Å². The van der Waals surface area contributed by atoms with Gasteiger partial charge in [0.05, 0.1) is 35.3 Å². The molecule has 3 aromatic heterocycles. The molecule has 0 atom stereocenters. The van der Waals surface area contributed by atoms with Gasteiger partial charge >= 0.3 is 0 Å². The predicted molar refractivity (Wildman–Crippen MR) is 168 cm³/mol. The van der Waals surface area contributed by atoms with E-state index in [9.17, 15) is 9.18 Å². The summed E-state index contributed by atoms with van der Waals surface area (Å²) in [6.07, 6.45) is 5.61. The normalized spacial score (nSPS) is 20.4. The minimum absolute atomic E-state index is 0.0231. The van der Waals surface area contributed by atoms with Gasteiger partial charge in [-0.05, 0) is 54.3 Å². The zero-order chi connectivity index (χ0) is 30.8. The van der Waals surface area contributed by atoms with Crippen molar-refractivity contribution < 1.29 is 23.0 Å². The fourth-order valence-electron chi connectivity index (χ4n) is 7.47. The molecule has 3 fully saturated rings. The second-order valence-corrected chi connectivity index (χ2v) is 13.1. The summed E-state index contributed by atoms with van der Waals surface area (Å²) in [4.78, 5) is 19.3. The lowest BCUT2D eigenvalue weighted by Gasteiger charge is -2.71. The Bertz CT molecular complexity index is 1950. The van der Waals surface area contributed by atoms with Gasteiger partial charge in [0.2, 0.25) is 5.91 Å². The number of halogens is 2. The number of likely N-dealkylation sites (N-methyl/N-ethyl adjacent to an activating group) is 1. The number of pyridine rings is 1. The maximum absolute atomic E-state index is 16.0. The van der Waals surface area contributed by atoms with Crippen LogP contribution in [0.15, 0.2) is 60.6 Å². The summed E-state index contributed by atoms with van der Waals surface area (Å²) >= 11 is 1.51. The van der Waals surface area contributed by atoms with Crippen molar-refractivity contribution in [2.24, 2.45) is 12.5 Å². The minimum atomic E-state index is -0.712. The van der Waals surface area contributed by atoms with Crippen molar-refractivity contribution in [3.05, 3.63) is 78.0 Å². The zero-order valence-electron chi connectivity index (χ0n) is 24.8. The monoisotopic (exact) mass is 614 g/mol. The third kappa shape index (κ3) is 4.42. The molecule has 0 saturated heterocycles. The summed E-state index contributed by atoms with van der Waals surface area (Å²) in [5.74, 6) is -1.39. The lowest BCUT2D eigenvalue weighted by molar-refractivity contribution is -0.162. The fraction of sp³-hybridized carbons (Fsp3) is 0.324. The number of aryl methyl sites for hydroxylation is 1. The molecule has 3 aliphatic carbocycles. The van der Waals surface area contributed by atoms with E-state index in [4.69, 9.17) is 14.5 Å². The van der Waals surface area contributed by atoms with Crippen LogP contribution in [-0.4, -0.2) is 59.5 Å². The van der Waals surface area contributed by atoms with E-state index >= 15 is 4.39 Å². The van der Waals surface area contributed by atoms with Crippen LogP contribution in [0.3, 0.4) is 0 Å². The minimum Gasteiger partial charge on any atom is -0.490 e. The molecule has 0 radical (unpaired) electrons. The molecule has 3 heterocycles. The molecule has 226 valence electrons. The first-order chi connectivity index (χ1) is 21.2. The average Bonchev–Trinajstić information content (AvgIpc) is 3.60. The summed E-state index contributed by atoms with van der Waals surface area (Å²) in [5, 5.41) is 8.27. The van der Waals surface area contributed by atoms with Gasteiger partial charge in [-0.15, -0.1) is 11.3 Å². The Morgan fingerprint density at radius 3 is 2.70 bits per heavy atom. The molecule has 3 saturated carbocycles. The molecular formula is C34H32F2N4O3S. The van der Waals surface area contributed by atoms with Crippen LogP contribution >= 0.6 is 11.3 Å². The number of rotatable bonds is 10. The van der Waals surface area contributed by atoms with Crippen molar-refractivity contribution in [1.29, 1.82) is 0 Å². The first kappa shape index (κ1) is 28.6. The maximum Gasteiger partial charge on any atom is 0.245 e. The standard InChI is InChI=1S/C34H32F2N4O3S/c1-5-27(41)39(2)19-33-16-34(17-33,18-33)32-29(28-24(36)13-22(35)14-26(28)43-10-9-42-4)31-23(8-11-44-31)30(38-32)20-6-7-25-21(12-20)15-37-40(25)3/h5-8,11-15H,1,9-10,16-19H2,2-4H3. The smallest absolute Gasteiger partial charge is 0.245 e. The number of aromatic nitrogens is 3. The summed E-state index contributed by atoms with van der Waals surface area (Å²) < 4.78 is 44.3. The van der Waals surface area contributed by atoms with Gasteiger partial charge in [0, 0.05) is 71.9 Å². The van der Waals surface area contributed by atoms with Gasteiger partial charge in [-0.3, -0.25) is 14.5 Å². The van der Waals surface area contributed by atoms with Crippen LogP contribution in [0.2, 0.25) is 0 Å². The highest BCUT2D eigenvalue weighted by Gasteiger charge is 2.70. The Labute approximate surface area is 257 Å². The Morgan fingerprint density at radius 1 is 1.16 bits per heavy atom. The first-order valence-corrected chi connectivity index (χ1v) is 15.4. The molecule has 1 amide bonds. The molecule has 0 N–H and O–H groups in total. The maximum atomic E-state index is 16.0. The van der Waals surface area contributed by atoms with Crippen molar-refractivity contribution in [1.82, 2.24) is 19.7 Å². The average molecular weight is 615 g/mol. The summed E-state index contributed by atoms with van der Waals surface area (Å²) in [7, 11) is 5.25. The van der Waals surface area contributed by atoms with Crippen molar-refractivity contribution in [3.63, 3.8) is 0 Å². The van der Waals surface area contributed by atoms with Crippen LogP contribution in [0.25, 0.3) is 43.4 Å². The molecule has 3 aliphatic rings. The van der Waals surface area contributed by atoms with Crippen molar-refractivity contribution in [2.45, 2.75) is 24.7 Å². The number of nitrogens with zero attached hydrogens (tertiary/aromatic N) is 4. The number of carbonyl (C=O) groups excluding carboxylic acids is 1. The summed E-state index contributed by atoms with van der Waals surface area (Å²) in [5.41, 5.74) is 4.09. The number of hydrogen-bond acceptors (Lipinski definition) is 6. The van der Waals surface area contributed by atoms with Crippen LogP contribution in [0.5, 0.6) is 5.75 Å². The number of carbonyl (C=O) groups is 1. The van der Waals surface area contributed by atoms with E-state index in [-0.39, 0.29) is 41.3 Å². The van der Waals surface area contributed by atoms with Crippen molar-refractivity contribution in [3.8, 4) is 28.1 Å². The third-order valence-electron chi connectivity index (χ3n) is 9.21. The third-order valence-corrected chi connectivity index (χ3v) is 10.1. The van der Waals surface area contributed by atoms with Crippen molar-refractivity contribution in [2.75, 3.05) is 33.9 Å². The second-order valence-electron chi connectivity index (χ2n) is 12.2. The molecular weight excluding hydrogens is 582 g/mol. The van der Waals surface area contributed by atoms with E-state index in [0.29, 0.717) is 12.1 Å². The lowest BCUT2D eigenvalue weighted by Crippen LogP contribution is -2.68. The molecule has 0 spiro atoms. The van der Waals surface area contributed by atoms with E-state index in [0.717, 1.165) is 63.3 Å². The highest BCUT2D eigenvalue weighted by atomic mass is 32.1. The molecule has 0 aliphatic heterocycles. The molecule has 5 aromatic rings. The van der Waals surface area contributed by atoms with Gasteiger partial charge in [-0.25, -0.2) is 8.78 Å². The Morgan fingerprint density at radius 2 is 1.95 bits per heavy atom. The van der Waals surface area contributed by atoms with Gasteiger partial charge in [-0.1, -0.05) is 12.6 Å². The molecule has 0 unspecified atom stereocenters. The lowest BCUT2D eigenvalue weighted by atomic mass is 9.33. The number of ether oxygens (including phenoxy) is 2. The Hall–Kier alpha value is -4.15. The second kappa shape index (κ2) is 10.5. The van der Waals surface area contributed by atoms with Gasteiger partial charge in [-0.2, -0.15) is 5.10 Å². The number of fused-ring (bicyclic) bond motifs is 2. The zero-order valence-corrected chi connectivity index (χ0v) is 25.6. The van der Waals surface area contributed by atoms with E-state index in [1.54, 1.807) is 19.1 Å². The van der Waals surface area contributed by atoms with Crippen molar-refractivity contribution >= 4 is 38.2 Å². The molecule has 2 bridgehead atoms. The topological polar surface area (TPSA) is 69.5 Å². The first-order valence-electron chi connectivity index (χ1n) is 14.5. The number of thiophene rings is 1.